The summed E-state index contributed by atoms with van der Waals surface area (Å²) in [5.41, 5.74) is 2.76. The molecule has 0 fully saturated rings. The molecular weight excluding hydrogens is 382 g/mol. The van der Waals surface area contributed by atoms with Gasteiger partial charge in [0.25, 0.3) is 11.5 Å². The highest BCUT2D eigenvalue weighted by Crippen LogP contribution is 2.27. The van der Waals surface area contributed by atoms with Crippen molar-refractivity contribution < 1.29 is 14.3 Å². The van der Waals surface area contributed by atoms with Gasteiger partial charge in [-0.05, 0) is 36.2 Å². The first kappa shape index (κ1) is 19.6. The Balaban J connectivity index is 1.56. The van der Waals surface area contributed by atoms with Crippen LogP contribution in [0.2, 0.25) is 0 Å². The Labute approximate surface area is 173 Å². The van der Waals surface area contributed by atoms with Gasteiger partial charge in [-0.25, -0.2) is 0 Å². The molecule has 4 rings (SSSR count). The van der Waals surface area contributed by atoms with Crippen molar-refractivity contribution in [3.05, 3.63) is 70.1 Å². The molecule has 0 unspecified atom stereocenters. The van der Waals surface area contributed by atoms with E-state index in [1.54, 1.807) is 31.9 Å². The fourth-order valence-electron chi connectivity index (χ4n) is 3.76. The van der Waals surface area contributed by atoms with Crippen LogP contribution < -0.4 is 20.3 Å². The predicted octanol–water partition coefficient (Wildman–Crippen LogP) is 3.01. The Hall–Kier alpha value is -3.74. The molecule has 2 heterocycles. The van der Waals surface area contributed by atoms with E-state index in [9.17, 15) is 9.59 Å². The highest BCUT2D eigenvalue weighted by Gasteiger charge is 2.17. The second-order valence-electron chi connectivity index (χ2n) is 7.05. The van der Waals surface area contributed by atoms with Crippen LogP contribution in [0.4, 0.5) is 0 Å². The number of carbonyl (C=O) groups excluding carboxylic acids is 1. The summed E-state index contributed by atoms with van der Waals surface area (Å²) in [6.07, 6.45) is 0.638. The number of aryl methyl sites for hydroxylation is 1. The second kappa shape index (κ2) is 7.94. The van der Waals surface area contributed by atoms with Crippen molar-refractivity contribution in [1.29, 1.82) is 0 Å². The van der Waals surface area contributed by atoms with E-state index < -0.39 is 0 Å². The number of methoxy groups -OCH3 is 2. The van der Waals surface area contributed by atoms with Crippen LogP contribution in [0.5, 0.6) is 11.5 Å². The topological polar surface area (TPSA) is 85.4 Å². The maximum absolute atomic E-state index is 12.8. The third kappa shape index (κ3) is 3.39. The predicted molar refractivity (Wildman–Crippen MR) is 117 cm³/mol. The zero-order chi connectivity index (χ0) is 21.3. The zero-order valence-corrected chi connectivity index (χ0v) is 17.1. The van der Waals surface area contributed by atoms with Crippen molar-refractivity contribution in [3.63, 3.8) is 0 Å². The largest absolute Gasteiger partial charge is 0.493 e. The van der Waals surface area contributed by atoms with Crippen molar-refractivity contribution in [2.45, 2.75) is 6.42 Å². The van der Waals surface area contributed by atoms with Gasteiger partial charge in [-0.3, -0.25) is 9.59 Å². The minimum Gasteiger partial charge on any atom is -0.493 e. The summed E-state index contributed by atoms with van der Waals surface area (Å²) in [5, 5.41) is 4.34. The van der Waals surface area contributed by atoms with Crippen LogP contribution in [-0.2, 0) is 13.5 Å². The van der Waals surface area contributed by atoms with Gasteiger partial charge >= 0.3 is 0 Å². The molecule has 0 radical (unpaired) electrons. The molecule has 0 spiro atoms. The Morgan fingerprint density at radius 2 is 1.80 bits per heavy atom. The number of H-pyrrole nitrogens is 1. The quantitative estimate of drug-likeness (QED) is 0.516. The van der Waals surface area contributed by atoms with Gasteiger partial charge in [0, 0.05) is 19.0 Å². The molecule has 0 aliphatic heterocycles. The van der Waals surface area contributed by atoms with Crippen molar-refractivity contribution >= 4 is 27.7 Å². The van der Waals surface area contributed by atoms with E-state index in [2.05, 4.69) is 10.3 Å². The number of hydrogen-bond acceptors (Lipinski definition) is 4. The Morgan fingerprint density at radius 1 is 1.03 bits per heavy atom. The maximum atomic E-state index is 12.8. The lowest BCUT2D eigenvalue weighted by atomic mass is 10.1. The number of aromatic amines is 1. The minimum atomic E-state index is -0.224. The van der Waals surface area contributed by atoms with Crippen LogP contribution in [0.1, 0.15) is 16.1 Å². The lowest BCUT2D eigenvalue weighted by Crippen LogP contribution is -2.27. The number of fused-ring (bicyclic) bond motifs is 3. The molecule has 0 bridgehead atoms. The molecule has 1 amide bonds. The van der Waals surface area contributed by atoms with E-state index >= 15 is 0 Å². The number of nitrogens with zero attached hydrogens (tertiary/aromatic N) is 1. The molecule has 0 saturated carbocycles. The maximum Gasteiger partial charge on any atom is 0.267 e. The molecule has 30 heavy (non-hydrogen) atoms. The van der Waals surface area contributed by atoms with Gasteiger partial charge in [0.05, 0.1) is 30.6 Å². The van der Waals surface area contributed by atoms with Crippen molar-refractivity contribution in [2.75, 3.05) is 20.8 Å². The molecular formula is C23H23N3O4. The third-order valence-corrected chi connectivity index (χ3v) is 5.29. The average molecular weight is 405 g/mol. The lowest BCUT2D eigenvalue weighted by molar-refractivity contribution is 0.0946. The summed E-state index contributed by atoms with van der Waals surface area (Å²) in [5.74, 6) is 1.09. The molecule has 0 saturated heterocycles. The molecule has 2 aromatic carbocycles. The Kier molecular flexibility index (Phi) is 5.18. The molecule has 4 aromatic rings. The van der Waals surface area contributed by atoms with Gasteiger partial charge in [0.15, 0.2) is 11.5 Å². The number of hydrogen-bond donors (Lipinski definition) is 2. The summed E-state index contributed by atoms with van der Waals surface area (Å²) in [4.78, 5) is 28.2. The van der Waals surface area contributed by atoms with Crippen LogP contribution in [0.3, 0.4) is 0 Å². The number of carbonyl (C=O) groups is 1. The molecule has 2 N–H and O–H groups in total. The van der Waals surface area contributed by atoms with E-state index in [4.69, 9.17) is 9.47 Å². The minimum absolute atomic E-state index is 0.205. The summed E-state index contributed by atoms with van der Waals surface area (Å²) in [6.45, 7) is 0.451. The monoisotopic (exact) mass is 405 g/mol. The van der Waals surface area contributed by atoms with Crippen LogP contribution >= 0.6 is 0 Å². The summed E-state index contributed by atoms with van der Waals surface area (Å²) < 4.78 is 12.3. The summed E-state index contributed by atoms with van der Waals surface area (Å²) >= 11 is 0. The van der Waals surface area contributed by atoms with E-state index in [0.717, 1.165) is 22.0 Å². The van der Waals surface area contributed by atoms with Gasteiger partial charge in [0.1, 0.15) is 5.69 Å². The third-order valence-electron chi connectivity index (χ3n) is 5.29. The van der Waals surface area contributed by atoms with E-state index in [1.807, 2.05) is 42.5 Å². The summed E-state index contributed by atoms with van der Waals surface area (Å²) in [6, 6.07) is 14.9. The molecule has 154 valence electrons. The number of ether oxygens (including phenoxy) is 2. The first-order valence-electron chi connectivity index (χ1n) is 9.63. The van der Waals surface area contributed by atoms with Crippen molar-refractivity contribution in [3.8, 4) is 11.5 Å². The lowest BCUT2D eigenvalue weighted by Gasteiger charge is -2.10. The number of nitrogens with one attached hydrogen (secondary N) is 2. The molecule has 0 aliphatic carbocycles. The fraction of sp³-hybridized carbons (Fsp3) is 0.217. The van der Waals surface area contributed by atoms with E-state index in [1.165, 1.54) is 0 Å². The Morgan fingerprint density at radius 3 is 2.57 bits per heavy atom. The normalized spacial score (nSPS) is 11.0. The highest BCUT2D eigenvalue weighted by atomic mass is 16.5. The second-order valence-corrected chi connectivity index (χ2v) is 7.05. The molecule has 0 aliphatic rings. The smallest absolute Gasteiger partial charge is 0.267 e. The van der Waals surface area contributed by atoms with E-state index in [-0.39, 0.29) is 11.5 Å². The molecule has 7 nitrogen and oxygen atoms in total. The van der Waals surface area contributed by atoms with Gasteiger partial charge in [-0.1, -0.05) is 24.3 Å². The number of amides is 1. The molecule has 7 heteroatoms. The Bertz CT molecular complexity index is 1300. The van der Waals surface area contributed by atoms with Crippen molar-refractivity contribution in [2.24, 2.45) is 7.05 Å². The fourth-order valence-corrected chi connectivity index (χ4v) is 3.76. The first-order valence-corrected chi connectivity index (χ1v) is 9.63. The first-order chi connectivity index (χ1) is 14.5. The standard InChI is InChI=1S/C23H23N3O4/c1-26-18(13-16-21(26)15-6-4-5-7-17(15)25-22(16)27)23(28)24-11-10-14-8-9-19(29-2)20(12-14)30-3/h4-9,12-13H,10-11H2,1-3H3,(H,24,28)(H,25,27). The van der Waals surface area contributed by atoms with Gasteiger partial charge in [0.2, 0.25) is 0 Å². The average Bonchev–Trinajstić information content (AvgIpc) is 3.12. The number of para-hydroxylation sites is 1. The number of rotatable bonds is 6. The van der Waals surface area contributed by atoms with E-state index in [0.29, 0.717) is 35.5 Å². The van der Waals surface area contributed by atoms with Crippen LogP contribution in [0, 0.1) is 0 Å². The van der Waals surface area contributed by atoms with Crippen LogP contribution in [-0.4, -0.2) is 36.2 Å². The van der Waals surface area contributed by atoms with Gasteiger partial charge in [-0.2, -0.15) is 0 Å². The number of aromatic nitrogens is 2. The molecule has 0 atom stereocenters. The van der Waals surface area contributed by atoms with Crippen molar-refractivity contribution in [1.82, 2.24) is 14.9 Å². The number of benzene rings is 2. The SMILES string of the molecule is COc1ccc(CCNC(=O)c2cc3c(=O)[nH]c4ccccc4c3n2C)cc1OC. The summed E-state index contributed by atoms with van der Waals surface area (Å²) in [7, 11) is 4.99. The van der Waals surface area contributed by atoms with Gasteiger partial charge in [-0.15, -0.1) is 0 Å². The van der Waals surface area contributed by atoms with Crippen LogP contribution in [0.25, 0.3) is 21.8 Å². The number of pyridine rings is 1. The highest BCUT2D eigenvalue weighted by molar-refractivity contribution is 6.07. The van der Waals surface area contributed by atoms with Gasteiger partial charge < -0.3 is 24.3 Å². The van der Waals surface area contributed by atoms with Crippen LogP contribution in [0.15, 0.2) is 53.3 Å². The zero-order valence-electron chi connectivity index (χ0n) is 17.1. The molecule has 2 aromatic heterocycles.